The summed E-state index contributed by atoms with van der Waals surface area (Å²) in [6.45, 7) is 7.47. The number of benzene rings is 1. The van der Waals surface area contributed by atoms with E-state index in [-0.39, 0.29) is 18.1 Å². The molecular weight excluding hydrogens is 318 g/mol. The predicted octanol–water partition coefficient (Wildman–Crippen LogP) is 4.24. The molecule has 0 spiro atoms. The number of ether oxygens (including phenoxy) is 2. The number of aryl methyl sites for hydroxylation is 1. The fraction of sp³-hybridized carbons (Fsp3) is 0.500. The summed E-state index contributed by atoms with van der Waals surface area (Å²) in [5.74, 6) is -0.316. The van der Waals surface area contributed by atoms with Gasteiger partial charge in [0.1, 0.15) is 5.60 Å². The molecule has 1 aromatic carbocycles. The van der Waals surface area contributed by atoms with E-state index in [1.54, 1.807) is 0 Å². The maximum absolute atomic E-state index is 11.9. The second-order valence-electron chi connectivity index (χ2n) is 7.37. The highest BCUT2D eigenvalue weighted by Crippen LogP contribution is 2.28. The van der Waals surface area contributed by atoms with E-state index in [1.807, 2.05) is 45.9 Å². The zero-order valence-electron chi connectivity index (χ0n) is 15.6. The van der Waals surface area contributed by atoms with Gasteiger partial charge in [0, 0.05) is 6.04 Å². The van der Waals surface area contributed by atoms with Crippen molar-refractivity contribution < 1.29 is 19.1 Å². The van der Waals surface area contributed by atoms with Crippen molar-refractivity contribution in [3.8, 4) is 0 Å². The van der Waals surface area contributed by atoms with Crippen molar-refractivity contribution in [1.29, 1.82) is 0 Å². The summed E-state index contributed by atoms with van der Waals surface area (Å²) in [5, 5.41) is 2.92. The molecule has 0 aliphatic heterocycles. The predicted molar refractivity (Wildman–Crippen MR) is 97.5 cm³/mol. The first-order chi connectivity index (χ1) is 11.7. The van der Waals surface area contributed by atoms with Crippen LogP contribution in [0.25, 0.3) is 5.57 Å². The van der Waals surface area contributed by atoms with Crippen LogP contribution in [0.2, 0.25) is 0 Å². The molecule has 1 unspecified atom stereocenters. The zero-order valence-corrected chi connectivity index (χ0v) is 15.6. The van der Waals surface area contributed by atoms with Crippen molar-refractivity contribution in [3.63, 3.8) is 0 Å². The van der Waals surface area contributed by atoms with E-state index in [0.717, 1.165) is 30.4 Å². The molecule has 5 heteroatoms. The average Bonchev–Trinajstić information content (AvgIpc) is 2.53. The summed E-state index contributed by atoms with van der Waals surface area (Å²) >= 11 is 0. The van der Waals surface area contributed by atoms with Crippen LogP contribution in [-0.2, 0) is 9.47 Å². The Morgan fingerprint density at radius 3 is 2.48 bits per heavy atom. The van der Waals surface area contributed by atoms with E-state index in [9.17, 15) is 9.59 Å². The summed E-state index contributed by atoms with van der Waals surface area (Å²) in [6.07, 6.45) is 4.29. The van der Waals surface area contributed by atoms with Crippen LogP contribution < -0.4 is 5.32 Å². The van der Waals surface area contributed by atoms with E-state index in [0.29, 0.717) is 5.56 Å². The van der Waals surface area contributed by atoms with Crippen molar-refractivity contribution in [3.05, 3.63) is 41.0 Å². The summed E-state index contributed by atoms with van der Waals surface area (Å²) in [5.41, 5.74) is 3.35. The summed E-state index contributed by atoms with van der Waals surface area (Å²) in [6, 6.07) is 5.86. The maximum atomic E-state index is 11.9. The molecule has 0 bridgehead atoms. The molecule has 2 rings (SSSR count). The van der Waals surface area contributed by atoms with Crippen LogP contribution in [0.3, 0.4) is 0 Å². The Labute approximate surface area is 149 Å². The summed E-state index contributed by atoms with van der Waals surface area (Å²) < 4.78 is 10.1. The monoisotopic (exact) mass is 345 g/mol. The molecule has 1 amide bonds. The second-order valence-corrected chi connectivity index (χ2v) is 7.37. The number of carbonyl (C=O) groups excluding carboxylic acids is 2. The standard InChI is InChI=1S/C20H27NO4/c1-13-12-15(8-11-17(13)18(22)24-5)14-6-9-16(10-7-14)21-19(23)25-20(2,3)4/h6,8,11-12,16H,7,9-10H2,1-5H3,(H,21,23). The first-order valence-electron chi connectivity index (χ1n) is 8.57. The molecule has 0 saturated heterocycles. The zero-order chi connectivity index (χ0) is 18.6. The van der Waals surface area contributed by atoms with Crippen molar-refractivity contribution >= 4 is 17.6 Å². The first-order valence-corrected chi connectivity index (χ1v) is 8.57. The number of amides is 1. The summed E-state index contributed by atoms with van der Waals surface area (Å²) in [7, 11) is 1.39. The Hall–Kier alpha value is -2.30. The van der Waals surface area contributed by atoms with E-state index in [4.69, 9.17) is 9.47 Å². The topological polar surface area (TPSA) is 64.6 Å². The Morgan fingerprint density at radius 1 is 1.24 bits per heavy atom. The van der Waals surface area contributed by atoms with Gasteiger partial charge in [0.2, 0.25) is 0 Å². The lowest BCUT2D eigenvalue weighted by atomic mass is 9.89. The lowest BCUT2D eigenvalue weighted by Gasteiger charge is -2.26. The Balaban J connectivity index is 2.00. The smallest absolute Gasteiger partial charge is 0.407 e. The molecule has 0 aromatic heterocycles. The maximum Gasteiger partial charge on any atom is 0.407 e. The highest BCUT2D eigenvalue weighted by Gasteiger charge is 2.22. The number of methoxy groups -OCH3 is 1. The Bertz CT molecular complexity index is 685. The molecule has 0 heterocycles. The van der Waals surface area contributed by atoms with Crippen molar-refractivity contribution in [2.24, 2.45) is 0 Å². The largest absolute Gasteiger partial charge is 0.465 e. The minimum Gasteiger partial charge on any atom is -0.465 e. The Morgan fingerprint density at radius 2 is 1.96 bits per heavy atom. The van der Waals surface area contributed by atoms with Crippen molar-refractivity contribution in [1.82, 2.24) is 5.32 Å². The fourth-order valence-electron chi connectivity index (χ4n) is 2.90. The molecule has 0 saturated carbocycles. The number of carbonyl (C=O) groups is 2. The number of hydrogen-bond acceptors (Lipinski definition) is 4. The minimum atomic E-state index is -0.487. The van der Waals surface area contributed by atoms with Crippen LogP contribution in [0, 0.1) is 6.92 Å². The van der Waals surface area contributed by atoms with E-state index >= 15 is 0 Å². The van der Waals surface area contributed by atoms with Gasteiger partial charge in [-0.3, -0.25) is 0 Å². The van der Waals surface area contributed by atoms with Gasteiger partial charge in [0.15, 0.2) is 0 Å². The average molecular weight is 345 g/mol. The first kappa shape index (κ1) is 19.0. The van der Waals surface area contributed by atoms with Crippen molar-refractivity contribution in [2.75, 3.05) is 7.11 Å². The quantitative estimate of drug-likeness (QED) is 0.832. The second kappa shape index (κ2) is 7.72. The highest BCUT2D eigenvalue weighted by atomic mass is 16.6. The van der Waals surface area contributed by atoms with Gasteiger partial charge in [-0.05, 0) is 69.7 Å². The molecule has 1 N–H and O–H groups in total. The number of rotatable bonds is 3. The van der Waals surface area contributed by atoms with Crippen LogP contribution in [0.1, 0.15) is 61.5 Å². The van der Waals surface area contributed by atoms with Crippen LogP contribution in [0.4, 0.5) is 4.79 Å². The minimum absolute atomic E-state index is 0.0917. The SMILES string of the molecule is COC(=O)c1ccc(C2=CCC(NC(=O)OC(C)(C)C)CC2)cc1C. The van der Waals surface area contributed by atoms with Gasteiger partial charge in [0.25, 0.3) is 0 Å². The lowest BCUT2D eigenvalue weighted by Crippen LogP contribution is -2.39. The molecule has 1 atom stereocenters. The molecular formula is C20H27NO4. The molecule has 1 aromatic rings. The van der Waals surface area contributed by atoms with Gasteiger partial charge in [-0.1, -0.05) is 18.2 Å². The van der Waals surface area contributed by atoms with Crippen LogP contribution in [0.5, 0.6) is 0 Å². The third-order valence-electron chi connectivity index (χ3n) is 4.13. The molecule has 1 aliphatic rings. The third-order valence-corrected chi connectivity index (χ3v) is 4.13. The van der Waals surface area contributed by atoms with Gasteiger partial charge < -0.3 is 14.8 Å². The van der Waals surface area contributed by atoms with Crippen LogP contribution in [-0.4, -0.2) is 30.8 Å². The number of hydrogen-bond donors (Lipinski definition) is 1. The molecule has 5 nitrogen and oxygen atoms in total. The molecule has 136 valence electrons. The van der Waals surface area contributed by atoms with Gasteiger partial charge in [-0.2, -0.15) is 0 Å². The lowest BCUT2D eigenvalue weighted by molar-refractivity contribution is 0.0501. The fourth-order valence-corrected chi connectivity index (χ4v) is 2.90. The van der Waals surface area contributed by atoms with Gasteiger partial charge >= 0.3 is 12.1 Å². The van der Waals surface area contributed by atoms with Crippen molar-refractivity contribution in [2.45, 2.75) is 58.6 Å². The number of alkyl carbamates (subject to hydrolysis) is 1. The third kappa shape index (κ3) is 5.34. The summed E-state index contributed by atoms with van der Waals surface area (Å²) in [4.78, 5) is 23.5. The number of esters is 1. The Kier molecular flexibility index (Phi) is 5.88. The molecule has 0 radical (unpaired) electrons. The van der Waals surface area contributed by atoms with Gasteiger partial charge in [-0.25, -0.2) is 9.59 Å². The molecule has 0 fully saturated rings. The normalized spacial score (nSPS) is 17.5. The molecule has 25 heavy (non-hydrogen) atoms. The highest BCUT2D eigenvalue weighted by molar-refractivity contribution is 5.91. The van der Waals surface area contributed by atoms with E-state index < -0.39 is 5.60 Å². The number of allylic oxidation sites excluding steroid dienone is 1. The van der Waals surface area contributed by atoms with Crippen LogP contribution in [0.15, 0.2) is 24.3 Å². The van der Waals surface area contributed by atoms with Gasteiger partial charge in [-0.15, -0.1) is 0 Å². The number of nitrogens with one attached hydrogen (secondary N) is 1. The van der Waals surface area contributed by atoms with E-state index in [2.05, 4.69) is 11.4 Å². The van der Waals surface area contributed by atoms with Gasteiger partial charge in [0.05, 0.1) is 12.7 Å². The van der Waals surface area contributed by atoms with Crippen LogP contribution >= 0.6 is 0 Å². The molecule has 1 aliphatic carbocycles. The van der Waals surface area contributed by atoms with E-state index in [1.165, 1.54) is 12.7 Å².